The zero-order valence-corrected chi connectivity index (χ0v) is 12.1. The molecular weight excluding hydrogens is 291 g/mol. The van der Waals surface area contributed by atoms with E-state index in [2.05, 4.69) is 4.72 Å². The Morgan fingerprint density at radius 1 is 1.24 bits per heavy atom. The smallest absolute Gasteiger partial charge is 0.251 e. The van der Waals surface area contributed by atoms with E-state index in [0.717, 1.165) is 23.3 Å². The fourth-order valence-electron chi connectivity index (χ4n) is 2.17. The van der Waals surface area contributed by atoms with Crippen LogP contribution in [0.25, 0.3) is 11.1 Å². The van der Waals surface area contributed by atoms with Crippen molar-refractivity contribution in [3.8, 4) is 16.9 Å². The second-order valence-electron chi connectivity index (χ2n) is 4.84. The molecule has 3 rings (SSSR count). The van der Waals surface area contributed by atoms with Crippen LogP contribution in [0.3, 0.4) is 0 Å². The third-order valence-corrected chi connectivity index (χ3v) is 4.09. The average Bonchev–Trinajstić information content (AvgIpc) is 2.85. The van der Waals surface area contributed by atoms with E-state index in [1.807, 2.05) is 31.2 Å². The van der Waals surface area contributed by atoms with E-state index < -0.39 is 5.82 Å². The highest BCUT2D eigenvalue weighted by Crippen LogP contribution is 2.38. The fourth-order valence-corrected chi connectivity index (χ4v) is 2.90. The minimum absolute atomic E-state index is 0.0129. The summed E-state index contributed by atoms with van der Waals surface area (Å²) >= 11 is 0.969. The van der Waals surface area contributed by atoms with Gasteiger partial charge in [0.1, 0.15) is 18.0 Å². The maximum atomic E-state index is 14.3. The molecule has 21 heavy (non-hydrogen) atoms. The van der Waals surface area contributed by atoms with Gasteiger partial charge in [-0.2, -0.15) is 0 Å². The fraction of sp³-hybridized carbons (Fsp3) is 0.133. The molecule has 0 unspecified atom stereocenters. The van der Waals surface area contributed by atoms with Gasteiger partial charge in [0.05, 0.1) is 12.1 Å². The lowest BCUT2D eigenvalue weighted by molar-refractivity contribution is -0.117. The first-order valence-corrected chi connectivity index (χ1v) is 7.15. The maximum absolute atomic E-state index is 14.3. The van der Waals surface area contributed by atoms with Gasteiger partial charge in [0.2, 0.25) is 0 Å². The monoisotopic (exact) mass is 304 g/mol. The predicted molar refractivity (Wildman–Crippen MR) is 81.3 cm³/mol. The van der Waals surface area contributed by atoms with Gasteiger partial charge in [-0.05, 0) is 30.2 Å². The number of phenols is 1. The summed E-state index contributed by atoms with van der Waals surface area (Å²) < 4.78 is 18.2. The molecule has 0 aromatic heterocycles. The highest BCUT2D eigenvalue weighted by Gasteiger charge is 2.26. The molecule has 0 radical (unpaired) electrons. The summed E-state index contributed by atoms with van der Waals surface area (Å²) in [6.07, 6.45) is 0. The molecule has 1 heterocycles. The maximum Gasteiger partial charge on any atom is 0.251 e. The summed E-state index contributed by atoms with van der Waals surface area (Å²) in [6.45, 7) is 1.98. The van der Waals surface area contributed by atoms with Crippen molar-refractivity contribution in [1.29, 1.82) is 0 Å². The summed E-state index contributed by atoms with van der Waals surface area (Å²) in [6, 6.07) is 10.5. The highest BCUT2D eigenvalue weighted by atomic mass is 32.2. The number of hydrogen-bond acceptors (Lipinski definition) is 4. The predicted octanol–water partition coefficient (Wildman–Crippen LogP) is 3.01. The summed E-state index contributed by atoms with van der Waals surface area (Å²) in [5, 5.41) is 10.1. The summed E-state index contributed by atoms with van der Waals surface area (Å²) in [4.78, 5) is 11.2. The largest absolute Gasteiger partial charge is 0.506 e. The number of carbonyl (C=O) groups excluding carboxylic acids is 1. The van der Waals surface area contributed by atoms with Crippen LogP contribution in [0.2, 0.25) is 0 Å². The second kappa shape index (κ2) is 5.29. The average molecular weight is 304 g/mol. The van der Waals surface area contributed by atoms with Gasteiger partial charge in [-0.25, -0.2) is 4.39 Å². The Bertz CT molecular complexity index is 680. The van der Waals surface area contributed by atoms with Crippen molar-refractivity contribution in [3.63, 3.8) is 0 Å². The lowest BCUT2D eigenvalue weighted by Gasteiger charge is -2.17. The first-order chi connectivity index (χ1) is 10.0. The van der Waals surface area contributed by atoms with E-state index in [1.54, 1.807) is 0 Å². The second-order valence-corrected chi connectivity index (χ2v) is 5.67. The van der Waals surface area contributed by atoms with E-state index in [1.165, 1.54) is 16.4 Å². The van der Waals surface area contributed by atoms with Crippen LogP contribution in [0.15, 0.2) is 36.4 Å². The van der Waals surface area contributed by atoms with E-state index in [0.29, 0.717) is 5.56 Å². The van der Waals surface area contributed by atoms with Crippen molar-refractivity contribution >= 4 is 23.7 Å². The molecule has 0 bridgehead atoms. The van der Waals surface area contributed by atoms with Crippen molar-refractivity contribution in [1.82, 2.24) is 4.72 Å². The van der Waals surface area contributed by atoms with Crippen molar-refractivity contribution in [2.45, 2.75) is 6.92 Å². The molecule has 2 aromatic carbocycles. The van der Waals surface area contributed by atoms with E-state index >= 15 is 0 Å². The number of benzene rings is 2. The van der Waals surface area contributed by atoms with Crippen molar-refractivity contribution in [3.05, 3.63) is 47.8 Å². The molecule has 6 heteroatoms. The van der Waals surface area contributed by atoms with Crippen molar-refractivity contribution < 1.29 is 14.3 Å². The molecule has 1 amide bonds. The Kier molecular flexibility index (Phi) is 3.47. The molecule has 2 aromatic rings. The molecular formula is C15H13FN2O2S. The Labute approximate surface area is 125 Å². The van der Waals surface area contributed by atoms with Gasteiger partial charge in [0, 0.05) is 0 Å². The number of nitrogens with one attached hydrogen (secondary N) is 1. The summed E-state index contributed by atoms with van der Waals surface area (Å²) in [7, 11) is 0. The number of halogens is 1. The normalized spacial score (nSPS) is 14.4. The molecule has 1 saturated heterocycles. The molecule has 4 nitrogen and oxygen atoms in total. The molecule has 108 valence electrons. The Hall–Kier alpha value is -2.21. The van der Waals surface area contributed by atoms with Crippen LogP contribution >= 0.6 is 12.1 Å². The number of rotatable bonds is 2. The zero-order valence-electron chi connectivity index (χ0n) is 11.3. The minimum Gasteiger partial charge on any atom is -0.506 e. The molecule has 1 fully saturated rings. The number of aryl methyl sites for hydroxylation is 1. The Balaban J connectivity index is 1.99. The number of phenolic OH excluding ortho intramolecular Hbond substituents is 1. The number of aromatic hydroxyl groups is 1. The topological polar surface area (TPSA) is 52.6 Å². The third kappa shape index (κ3) is 2.67. The van der Waals surface area contributed by atoms with Crippen LogP contribution in [0, 0.1) is 12.7 Å². The van der Waals surface area contributed by atoms with Gasteiger partial charge in [0.15, 0.2) is 5.82 Å². The van der Waals surface area contributed by atoms with Gasteiger partial charge in [0.25, 0.3) is 5.91 Å². The number of amides is 1. The molecule has 0 aliphatic carbocycles. The van der Waals surface area contributed by atoms with Crippen molar-refractivity contribution in [2.24, 2.45) is 0 Å². The van der Waals surface area contributed by atoms with Gasteiger partial charge < -0.3 is 5.11 Å². The van der Waals surface area contributed by atoms with Gasteiger partial charge in [-0.3, -0.25) is 13.8 Å². The lowest BCUT2D eigenvalue weighted by Crippen LogP contribution is -2.16. The van der Waals surface area contributed by atoms with Gasteiger partial charge in [-0.15, -0.1) is 0 Å². The van der Waals surface area contributed by atoms with Crippen LogP contribution in [-0.2, 0) is 4.79 Å². The molecule has 0 atom stereocenters. The van der Waals surface area contributed by atoms with Crippen LogP contribution in [-0.4, -0.2) is 17.6 Å². The van der Waals surface area contributed by atoms with Crippen LogP contribution in [0.1, 0.15) is 5.56 Å². The molecule has 1 aliphatic rings. The third-order valence-electron chi connectivity index (χ3n) is 3.23. The number of nitrogens with zero attached hydrogens (tertiary/aromatic N) is 1. The quantitative estimate of drug-likeness (QED) is 0.838. The standard InChI is InChI=1S/C15H13FN2O2S/c1-9-2-4-10(5-3-9)11-6-12(16)15(13(19)7-11)18-8-14(20)17-21-18/h2-7,19H,8H2,1H3,(H,17,20). The molecule has 2 N–H and O–H groups in total. The first kappa shape index (κ1) is 13.8. The van der Waals surface area contributed by atoms with Crippen molar-refractivity contribution in [2.75, 3.05) is 10.8 Å². The first-order valence-electron chi connectivity index (χ1n) is 6.37. The number of hydrogen-bond donors (Lipinski definition) is 2. The highest BCUT2D eigenvalue weighted by molar-refractivity contribution is 7.99. The van der Waals surface area contributed by atoms with Crippen LogP contribution in [0.5, 0.6) is 5.75 Å². The van der Waals surface area contributed by atoms with E-state index in [-0.39, 0.29) is 23.9 Å². The molecule has 1 aliphatic heterocycles. The van der Waals surface area contributed by atoms with Gasteiger partial charge >= 0.3 is 0 Å². The van der Waals surface area contributed by atoms with Gasteiger partial charge in [-0.1, -0.05) is 29.8 Å². The minimum atomic E-state index is -0.561. The molecule has 0 spiro atoms. The zero-order chi connectivity index (χ0) is 15.0. The lowest BCUT2D eigenvalue weighted by atomic mass is 10.0. The van der Waals surface area contributed by atoms with E-state index in [9.17, 15) is 14.3 Å². The van der Waals surface area contributed by atoms with Crippen LogP contribution < -0.4 is 9.03 Å². The number of anilines is 1. The number of carbonyl (C=O) groups is 1. The summed E-state index contributed by atoms with van der Waals surface area (Å²) in [5.41, 5.74) is 2.55. The SMILES string of the molecule is Cc1ccc(-c2cc(O)c(N3CC(=O)NS3)c(F)c2)cc1. The molecule has 0 saturated carbocycles. The van der Waals surface area contributed by atoms with E-state index in [4.69, 9.17) is 0 Å². The summed E-state index contributed by atoms with van der Waals surface area (Å²) in [5.74, 6) is -0.967. The Morgan fingerprint density at radius 2 is 1.95 bits per heavy atom. The Morgan fingerprint density at radius 3 is 2.52 bits per heavy atom. The van der Waals surface area contributed by atoms with Crippen LogP contribution in [0.4, 0.5) is 10.1 Å².